The molecule has 25 heavy (non-hydrogen) atoms. The number of aryl methyl sites for hydroxylation is 1. The van der Waals surface area contributed by atoms with Crippen LogP contribution in [0.2, 0.25) is 0 Å². The summed E-state index contributed by atoms with van der Waals surface area (Å²) >= 11 is 0. The van der Waals surface area contributed by atoms with Crippen molar-refractivity contribution in [2.45, 2.75) is 31.7 Å². The average Bonchev–Trinajstić information content (AvgIpc) is 3.21. The van der Waals surface area contributed by atoms with Gasteiger partial charge in [-0.15, -0.1) is 5.10 Å². The minimum Gasteiger partial charge on any atom is -0.379 e. The van der Waals surface area contributed by atoms with Gasteiger partial charge < -0.3 is 14.5 Å². The molecule has 7 nitrogen and oxygen atoms in total. The van der Waals surface area contributed by atoms with Gasteiger partial charge in [0, 0.05) is 32.5 Å². The lowest BCUT2D eigenvalue weighted by Gasteiger charge is -2.32. The van der Waals surface area contributed by atoms with Gasteiger partial charge in [-0.05, 0) is 32.9 Å². The second kappa shape index (κ2) is 8.10. The fraction of sp³-hybridized carbons (Fsp3) is 0.722. The van der Waals surface area contributed by atoms with Crippen molar-refractivity contribution in [3.63, 3.8) is 0 Å². The van der Waals surface area contributed by atoms with E-state index in [4.69, 9.17) is 4.74 Å². The summed E-state index contributed by atoms with van der Waals surface area (Å²) in [6.45, 7) is 3.41. The van der Waals surface area contributed by atoms with Crippen LogP contribution in [0.1, 0.15) is 36.6 Å². The molecule has 0 aromatic carbocycles. The van der Waals surface area contributed by atoms with Crippen LogP contribution >= 0.6 is 0 Å². The molecule has 0 N–H and O–H groups in total. The molecule has 1 aliphatic carbocycles. The predicted octanol–water partition coefficient (Wildman–Crippen LogP) is 1.18. The molecule has 3 rings (SSSR count). The van der Waals surface area contributed by atoms with Crippen molar-refractivity contribution < 1.29 is 9.53 Å². The summed E-state index contributed by atoms with van der Waals surface area (Å²) in [5, 5.41) is 8.42. The van der Waals surface area contributed by atoms with Crippen molar-refractivity contribution in [2.24, 2.45) is 13.0 Å². The Morgan fingerprint density at radius 3 is 3.00 bits per heavy atom. The smallest absolute Gasteiger partial charge is 0.223 e. The largest absolute Gasteiger partial charge is 0.379 e. The van der Waals surface area contributed by atoms with Crippen LogP contribution in [0.25, 0.3) is 0 Å². The van der Waals surface area contributed by atoms with Gasteiger partial charge in [0.2, 0.25) is 5.91 Å². The quantitative estimate of drug-likeness (QED) is 0.547. The first-order chi connectivity index (χ1) is 12.0. The molecule has 2 aliphatic rings. The monoisotopic (exact) mass is 347 g/mol. The van der Waals surface area contributed by atoms with Gasteiger partial charge in [-0.25, -0.2) is 0 Å². The number of ether oxygens (including phenoxy) is 1. The maximum absolute atomic E-state index is 12.7. The predicted molar refractivity (Wildman–Crippen MR) is 95.0 cm³/mol. The Bertz CT molecular complexity index is 625. The van der Waals surface area contributed by atoms with E-state index in [1.54, 1.807) is 0 Å². The molecule has 0 spiro atoms. The highest BCUT2D eigenvalue weighted by atomic mass is 16.5. The number of rotatable bonds is 7. The molecule has 2 atom stereocenters. The summed E-state index contributed by atoms with van der Waals surface area (Å²) < 4.78 is 7.70. The molecule has 138 valence electrons. The van der Waals surface area contributed by atoms with E-state index in [9.17, 15) is 4.79 Å². The second-order valence-corrected chi connectivity index (χ2v) is 7.36. The molecule has 0 radical (unpaired) electrons. The zero-order valence-corrected chi connectivity index (χ0v) is 15.5. The van der Waals surface area contributed by atoms with E-state index in [2.05, 4.69) is 27.4 Å². The molecule has 7 heteroatoms. The van der Waals surface area contributed by atoms with E-state index in [1.807, 2.05) is 30.7 Å². The van der Waals surface area contributed by atoms with Gasteiger partial charge in [0.1, 0.15) is 5.69 Å². The summed E-state index contributed by atoms with van der Waals surface area (Å²) in [6, 6.07) is 0. The van der Waals surface area contributed by atoms with Gasteiger partial charge in [-0.3, -0.25) is 9.48 Å². The Morgan fingerprint density at radius 1 is 1.44 bits per heavy atom. The van der Waals surface area contributed by atoms with Crippen LogP contribution in [0.4, 0.5) is 0 Å². The maximum Gasteiger partial charge on any atom is 0.223 e. The lowest BCUT2D eigenvalue weighted by molar-refractivity contribution is -0.133. The van der Waals surface area contributed by atoms with Crippen LogP contribution in [-0.4, -0.2) is 71.1 Å². The summed E-state index contributed by atoms with van der Waals surface area (Å²) in [4.78, 5) is 16.8. The first kappa shape index (κ1) is 18.1. The number of hydrogen-bond acceptors (Lipinski definition) is 5. The number of likely N-dealkylation sites (N-methyl/N-ethyl adjacent to an activating group) is 1. The number of carbonyl (C=O) groups is 1. The standard InChI is InChI=1S/C18H29N5O2/c1-21(2)8-9-25-13-15-11-23(12-16-18(15)22(3)20-19-16)17(24)10-14-6-4-5-7-14/h4,6,14-15H,5,7-13H2,1-3H3/t14-,15-/m0/s1. The summed E-state index contributed by atoms with van der Waals surface area (Å²) in [6.07, 6.45) is 7.13. The third kappa shape index (κ3) is 4.46. The molecule has 0 saturated carbocycles. The van der Waals surface area contributed by atoms with Gasteiger partial charge >= 0.3 is 0 Å². The van der Waals surface area contributed by atoms with Crippen LogP contribution < -0.4 is 0 Å². The molecular weight excluding hydrogens is 318 g/mol. The van der Waals surface area contributed by atoms with E-state index in [0.29, 0.717) is 38.6 Å². The maximum atomic E-state index is 12.7. The van der Waals surface area contributed by atoms with Gasteiger partial charge in [0.05, 0.1) is 25.5 Å². The minimum atomic E-state index is 0.133. The van der Waals surface area contributed by atoms with Gasteiger partial charge in [0.15, 0.2) is 0 Å². The number of hydrogen-bond donors (Lipinski definition) is 0. The Labute approximate surface area is 149 Å². The highest BCUT2D eigenvalue weighted by Gasteiger charge is 2.33. The van der Waals surface area contributed by atoms with E-state index in [0.717, 1.165) is 30.8 Å². The lowest BCUT2D eigenvalue weighted by Crippen LogP contribution is -2.40. The summed E-state index contributed by atoms with van der Waals surface area (Å²) in [7, 11) is 5.98. The summed E-state index contributed by atoms with van der Waals surface area (Å²) in [5.41, 5.74) is 2.01. The fourth-order valence-corrected chi connectivity index (χ4v) is 3.63. The molecule has 1 amide bonds. The Morgan fingerprint density at radius 2 is 2.28 bits per heavy atom. The number of nitrogens with zero attached hydrogens (tertiary/aromatic N) is 5. The highest BCUT2D eigenvalue weighted by Crippen LogP contribution is 2.29. The SMILES string of the molecule is CN(C)CCOC[C@@H]1CN(C(=O)C[C@H]2C=CCC2)Cc2nnn(C)c21. The van der Waals surface area contributed by atoms with Crippen LogP contribution in [0.15, 0.2) is 12.2 Å². The third-order valence-corrected chi connectivity index (χ3v) is 5.02. The molecule has 0 saturated heterocycles. The van der Waals surface area contributed by atoms with E-state index in [1.165, 1.54) is 0 Å². The number of allylic oxidation sites excluding steroid dienone is 2. The molecule has 1 aromatic rings. The van der Waals surface area contributed by atoms with Crippen molar-refractivity contribution >= 4 is 5.91 Å². The Kier molecular flexibility index (Phi) is 5.86. The molecule has 2 heterocycles. The lowest BCUT2D eigenvalue weighted by atomic mass is 9.97. The van der Waals surface area contributed by atoms with Crippen molar-refractivity contribution in [1.82, 2.24) is 24.8 Å². The molecule has 0 bridgehead atoms. The fourth-order valence-electron chi connectivity index (χ4n) is 3.63. The highest BCUT2D eigenvalue weighted by molar-refractivity contribution is 5.77. The average molecular weight is 347 g/mol. The number of carbonyl (C=O) groups excluding carboxylic acids is 1. The second-order valence-electron chi connectivity index (χ2n) is 7.36. The number of amides is 1. The van der Waals surface area contributed by atoms with Crippen LogP contribution in [0.5, 0.6) is 0 Å². The number of fused-ring (bicyclic) bond motifs is 1. The van der Waals surface area contributed by atoms with E-state index < -0.39 is 0 Å². The topological polar surface area (TPSA) is 63.5 Å². The minimum absolute atomic E-state index is 0.133. The first-order valence-electron chi connectivity index (χ1n) is 9.10. The molecule has 1 aliphatic heterocycles. The summed E-state index contributed by atoms with van der Waals surface area (Å²) in [5.74, 6) is 0.741. The van der Waals surface area contributed by atoms with Crippen molar-refractivity contribution in [3.05, 3.63) is 23.5 Å². The molecule has 0 fully saturated rings. The van der Waals surface area contributed by atoms with E-state index in [-0.39, 0.29) is 11.8 Å². The van der Waals surface area contributed by atoms with Crippen molar-refractivity contribution in [2.75, 3.05) is 40.4 Å². The van der Waals surface area contributed by atoms with Gasteiger partial charge in [-0.2, -0.15) is 0 Å². The first-order valence-corrected chi connectivity index (χ1v) is 9.10. The van der Waals surface area contributed by atoms with Crippen molar-refractivity contribution in [1.29, 1.82) is 0 Å². The normalized spacial score (nSPS) is 22.6. The van der Waals surface area contributed by atoms with Crippen molar-refractivity contribution in [3.8, 4) is 0 Å². The Balaban J connectivity index is 1.63. The van der Waals surface area contributed by atoms with Crippen LogP contribution in [-0.2, 0) is 23.1 Å². The molecule has 0 unspecified atom stereocenters. The zero-order valence-electron chi connectivity index (χ0n) is 15.5. The van der Waals surface area contributed by atoms with Gasteiger partial charge in [-0.1, -0.05) is 17.4 Å². The van der Waals surface area contributed by atoms with Crippen LogP contribution in [0, 0.1) is 5.92 Å². The number of aromatic nitrogens is 3. The zero-order chi connectivity index (χ0) is 17.8. The van der Waals surface area contributed by atoms with Crippen LogP contribution in [0.3, 0.4) is 0 Å². The Hall–Kier alpha value is -1.73. The van der Waals surface area contributed by atoms with E-state index >= 15 is 0 Å². The third-order valence-electron chi connectivity index (χ3n) is 5.02. The molecule has 1 aromatic heterocycles. The van der Waals surface area contributed by atoms with Gasteiger partial charge in [0.25, 0.3) is 0 Å². The molecular formula is C18H29N5O2.